The molecule has 1 amide bonds. The average Bonchev–Trinajstić information content (AvgIpc) is 2.48. The Morgan fingerprint density at radius 3 is 2.86 bits per heavy atom. The minimum atomic E-state index is -0.0173. The Labute approximate surface area is 101 Å². The van der Waals surface area contributed by atoms with Crippen molar-refractivity contribution in [3.05, 3.63) is 21.3 Å². The molecule has 78 valence electrons. The Morgan fingerprint density at radius 2 is 2.43 bits per heavy atom. The van der Waals surface area contributed by atoms with Crippen molar-refractivity contribution in [2.45, 2.75) is 11.8 Å². The fraction of sp³-hybridized carbons (Fsp3) is 0.444. The van der Waals surface area contributed by atoms with Gasteiger partial charge in [-0.1, -0.05) is 34.5 Å². The van der Waals surface area contributed by atoms with Crippen molar-refractivity contribution < 1.29 is 4.79 Å². The van der Waals surface area contributed by atoms with E-state index in [1.165, 1.54) is 11.3 Å². The van der Waals surface area contributed by atoms with Crippen LogP contribution in [0.25, 0.3) is 0 Å². The van der Waals surface area contributed by atoms with Crippen LogP contribution in [0.1, 0.15) is 16.6 Å². The first kappa shape index (κ1) is 12.0. The molecule has 5 heteroatoms. The van der Waals surface area contributed by atoms with Crippen molar-refractivity contribution in [1.82, 2.24) is 4.90 Å². The lowest BCUT2D eigenvalue weighted by Crippen LogP contribution is -2.30. The Morgan fingerprint density at radius 1 is 1.79 bits per heavy atom. The molecule has 0 aliphatic heterocycles. The maximum Gasteiger partial charge on any atom is 0.265 e. The number of alkyl halides is 1. The molecule has 0 aromatic carbocycles. The number of amides is 1. The third kappa shape index (κ3) is 2.97. The van der Waals surface area contributed by atoms with Crippen molar-refractivity contribution >= 4 is 44.8 Å². The highest BCUT2D eigenvalue weighted by Crippen LogP contribution is 2.23. The topological polar surface area (TPSA) is 20.3 Å². The summed E-state index contributed by atoms with van der Waals surface area (Å²) in [5.74, 6) is -0.0173. The summed E-state index contributed by atoms with van der Waals surface area (Å²) in [6.07, 6.45) is 0. The largest absolute Gasteiger partial charge is 0.340 e. The number of carbonyl (C=O) groups is 1. The van der Waals surface area contributed by atoms with Gasteiger partial charge < -0.3 is 4.90 Å². The van der Waals surface area contributed by atoms with Crippen molar-refractivity contribution in [2.75, 3.05) is 13.6 Å². The van der Waals surface area contributed by atoms with Crippen LogP contribution in [0.15, 0.2) is 11.4 Å². The quantitative estimate of drug-likeness (QED) is 0.784. The summed E-state index contributed by atoms with van der Waals surface area (Å²) in [5.41, 5.74) is 0. The number of thiophene rings is 1. The van der Waals surface area contributed by atoms with Crippen molar-refractivity contribution in [1.29, 1.82) is 0 Å². The first-order valence-corrected chi connectivity index (χ1v) is 6.32. The third-order valence-corrected chi connectivity index (χ3v) is 3.30. The molecule has 1 heterocycles. The van der Waals surface area contributed by atoms with E-state index in [2.05, 4.69) is 15.9 Å². The monoisotopic (exact) mass is 295 g/mol. The summed E-state index contributed by atoms with van der Waals surface area (Å²) in [5, 5.41) is 2.36. The van der Waals surface area contributed by atoms with E-state index in [0.29, 0.717) is 16.4 Å². The molecular formula is C9H11BrClNOS. The second kappa shape index (κ2) is 5.14. The van der Waals surface area contributed by atoms with Gasteiger partial charge in [-0.2, -0.15) is 0 Å². The van der Waals surface area contributed by atoms with Gasteiger partial charge >= 0.3 is 0 Å². The summed E-state index contributed by atoms with van der Waals surface area (Å²) in [4.78, 5) is 14.4. The smallest absolute Gasteiger partial charge is 0.265 e. The van der Waals surface area contributed by atoms with Gasteiger partial charge in [-0.3, -0.25) is 4.79 Å². The number of rotatable bonds is 3. The summed E-state index contributed by atoms with van der Waals surface area (Å²) in [6, 6.07) is 1.74. The molecule has 0 aliphatic carbocycles. The lowest BCUT2D eigenvalue weighted by atomic mass is 10.3. The van der Waals surface area contributed by atoms with Gasteiger partial charge in [0.1, 0.15) is 4.88 Å². The van der Waals surface area contributed by atoms with Crippen LogP contribution in [0, 0.1) is 0 Å². The molecule has 1 aromatic rings. The van der Waals surface area contributed by atoms with Crippen LogP contribution in [-0.4, -0.2) is 29.2 Å². The molecule has 0 bridgehead atoms. The highest BCUT2D eigenvalue weighted by Gasteiger charge is 2.17. The van der Waals surface area contributed by atoms with Crippen molar-refractivity contribution in [3.63, 3.8) is 0 Å². The van der Waals surface area contributed by atoms with Gasteiger partial charge in [-0.15, -0.1) is 11.3 Å². The van der Waals surface area contributed by atoms with Crippen molar-refractivity contribution in [2.24, 2.45) is 0 Å². The third-order valence-electron chi connectivity index (χ3n) is 1.68. The standard InChI is InChI=1S/C9H11BrClNOS/c1-6(10)5-12(2)9(13)8-7(11)3-4-14-8/h3-4,6H,5H2,1-2H3. The molecule has 0 N–H and O–H groups in total. The first-order chi connectivity index (χ1) is 6.52. The normalized spacial score (nSPS) is 12.6. The Kier molecular flexibility index (Phi) is 4.41. The molecule has 0 fully saturated rings. The lowest BCUT2D eigenvalue weighted by molar-refractivity contribution is 0.0802. The number of halogens is 2. The molecule has 1 rings (SSSR count). The van der Waals surface area contributed by atoms with Crippen LogP contribution >= 0.6 is 38.9 Å². The Balaban J connectivity index is 2.71. The van der Waals surface area contributed by atoms with E-state index in [0.717, 1.165) is 0 Å². The zero-order valence-electron chi connectivity index (χ0n) is 7.96. The number of carbonyl (C=O) groups excluding carboxylic acids is 1. The molecular weight excluding hydrogens is 286 g/mol. The predicted molar refractivity (Wildman–Crippen MR) is 64.7 cm³/mol. The first-order valence-electron chi connectivity index (χ1n) is 4.15. The predicted octanol–water partition coefficient (Wildman–Crippen LogP) is 3.26. The highest BCUT2D eigenvalue weighted by molar-refractivity contribution is 9.09. The number of nitrogens with zero attached hydrogens (tertiary/aromatic N) is 1. The van der Waals surface area contributed by atoms with Crippen LogP contribution in [0.3, 0.4) is 0 Å². The minimum Gasteiger partial charge on any atom is -0.340 e. The SMILES string of the molecule is CC(Br)CN(C)C(=O)c1sccc1Cl. The molecule has 0 saturated heterocycles. The second-order valence-corrected chi connectivity index (χ2v) is 5.95. The average molecular weight is 297 g/mol. The van der Waals surface area contributed by atoms with Crippen LogP contribution in [0.5, 0.6) is 0 Å². The van der Waals surface area contributed by atoms with Gasteiger partial charge in [0, 0.05) is 18.4 Å². The van der Waals surface area contributed by atoms with Crippen LogP contribution in [0.4, 0.5) is 0 Å². The fourth-order valence-corrected chi connectivity index (χ4v) is 2.64. The van der Waals surface area contributed by atoms with Crippen LogP contribution in [-0.2, 0) is 0 Å². The summed E-state index contributed by atoms with van der Waals surface area (Å²) >= 11 is 10.6. The van der Waals surface area contributed by atoms with Crippen LogP contribution < -0.4 is 0 Å². The molecule has 1 aromatic heterocycles. The van der Waals surface area contributed by atoms with E-state index in [1.54, 1.807) is 18.0 Å². The molecule has 0 saturated carbocycles. The van der Waals surface area contributed by atoms with Gasteiger partial charge in [-0.25, -0.2) is 0 Å². The van der Waals surface area contributed by atoms with E-state index in [9.17, 15) is 4.79 Å². The van der Waals surface area contributed by atoms with Gasteiger partial charge in [-0.05, 0) is 11.4 Å². The maximum atomic E-state index is 11.8. The Hall–Kier alpha value is -0.0600. The molecule has 2 nitrogen and oxygen atoms in total. The van der Waals surface area contributed by atoms with Gasteiger partial charge in [0.2, 0.25) is 0 Å². The molecule has 1 unspecified atom stereocenters. The van der Waals surface area contributed by atoms with E-state index < -0.39 is 0 Å². The van der Waals surface area contributed by atoms with Gasteiger partial charge in [0.25, 0.3) is 5.91 Å². The van der Waals surface area contributed by atoms with Gasteiger partial charge in [0.15, 0.2) is 0 Å². The minimum absolute atomic E-state index is 0.0173. The van der Waals surface area contributed by atoms with Crippen molar-refractivity contribution in [3.8, 4) is 0 Å². The molecule has 1 atom stereocenters. The van der Waals surface area contributed by atoms with E-state index in [-0.39, 0.29) is 10.7 Å². The second-order valence-electron chi connectivity index (χ2n) is 3.06. The Bertz CT molecular complexity index is 326. The zero-order valence-corrected chi connectivity index (χ0v) is 11.1. The zero-order chi connectivity index (χ0) is 10.7. The number of hydrogen-bond donors (Lipinski definition) is 0. The van der Waals surface area contributed by atoms with E-state index in [1.807, 2.05) is 12.3 Å². The molecule has 14 heavy (non-hydrogen) atoms. The molecule has 0 radical (unpaired) electrons. The molecule has 0 spiro atoms. The lowest BCUT2D eigenvalue weighted by Gasteiger charge is -2.17. The summed E-state index contributed by atoms with van der Waals surface area (Å²) in [7, 11) is 1.77. The summed E-state index contributed by atoms with van der Waals surface area (Å²) in [6.45, 7) is 2.67. The fourth-order valence-electron chi connectivity index (χ4n) is 1.08. The van der Waals surface area contributed by atoms with Crippen LogP contribution in [0.2, 0.25) is 5.02 Å². The number of hydrogen-bond acceptors (Lipinski definition) is 2. The van der Waals surface area contributed by atoms with E-state index in [4.69, 9.17) is 11.6 Å². The van der Waals surface area contributed by atoms with E-state index >= 15 is 0 Å². The maximum absolute atomic E-state index is 11.8. The highest BCUT2D eigenvalue weighted by atomic mass is 79.9. The molecule has 0 aliphatic rings. The van der Waals surface area contributed by atoms with Gasteiger partial charge in [0.05, 0.1) is 5.02 Å². The summed E-state index contributed by atoms with van der Waals surface area (Å²) < 4.78 is 0.